The number of carbonyl (C=O) groups is 2. The van der Waals surface area contributed by atoms with Gasteiger partial charge in [-0.1, -0.05) is 11.6 Å². The molecule has 2 amide bonds. The van der Waals surface area contributed by atoms with E-state index >= 15 is 0 Å². The van der Waals surface area contributed by atoms with Crippen molar-refractivity contribution in [2.75, 3.05) is 38.5 Å². The summed E-state index contributed by atoms with van der Waals surface area (Å²) >= 11 is 6.02. The van der Waals surface area contributed by atoms with Gasteiger partial charge in [0.2, 0.25) is 11.8 Å². The highest BCUT2D eigenvalue weighted by atomic mass is 35.5. The third kappa shape index (κ3) is 4.33. The van der Waals surface area contributed by atoms with E-state index in [1.807, 2.05) is 31.0 Å². The molecule has 2 heterocycles. The normalized spacial score (nSPS) is 20.8. The number of carbonyl (C=O) groups excluding carboxylic acids is 2. The van der Waals surface area contributed by atoms with Crippen LogP contribution in [0.1, 0.15) is 31.2 Å². The highest BCUT2D eigenvalue weighted by Crippen LogP contribution is 2.39. The number of benzene rings is 1. The first-order chi connectivity index (χ1) is 11.9. The van der Waals surface area contributed by atoms with Crippen LogP contribution in [0.15, 0.2) is 18.2 Å². The fourth-order valence-corrected chi connectivity index (χ4v) is 4.07. The smallest absolute Gasteiger partial charge is 0.238 e. The molecule has 2 fully saturated rings. The Morgan fingerprint density at radius 2 is 2.00 bits per heavy atom. The van der Waals surface area contributed by atoms with Gasteiger partial charge in [0.25, 0.3) is 0 Å². The van der Waals surface area contributed by atoms with Crippen molar-refractivity contribution in [2.24, 2.45) is 5.41 Å². The average molecular weight is 364 g/mol. The summed E-state index contributed by atoms with van der Waals surface area (Å²) in [4.78, 5) is 28.1. The van der Waals surface area contributed by atoms with Gasteiger partial charge >= 0.3 is 0 Å². The summed E-state index contributed by atoms with van der Waals surface area (Å²) in [7, 11) is 1.90. The molecule has 2 aliphatic rings. The van der Waals surface area contributed by atoms with E-state index in [4.69, 9.17) is 11.6 Å². The molecule has 0 unspecified atom stereocenters. The number of amides is 2. The maximum Gasteiger partial charge on any atom is 0.238 e. The third-order valence-electron chi connectivity index (χ3n) is 5.59. The van der Waals surface area contributed by atoms with Gasteiger partial charge in [-0.25, -0.2) is 0 Å². The van der Waals surface area contributed by atoms with E-state index in [0.717, 1.165) is 50.1 Å². The lowest BCUT2D eigenvalue weighted by Crippen LogP contribution is -2.51. The highest BCUT2D eigenvalue weighted by molar-refractivity contribution is 6.31. The summed E-state index contributed by atoms with van der Waals surface area (Å²) in [6.07, 6.45) is 3.75. The van der Waals surface area contributed by atoms with Crippen LogP contribution in [0, 0.1) is 12.3 Å². The molecule has 1 spiro atoms. The predicted octanol–water partition coefficient (Wildman–Crippen LogP) is 2.92. The van der Waals surface area contributed by atoms with Crippen molar-refractivity contribution in [3.05, 3.63) is 28.8 Å². The van der Waals surface area contributed by atoms with Gasteiger partial charge in [0.1, 0.15) is 0 Å². The molecule has 25 heavy (non-hydrogen) atoms. The first-order valence-corrected chi connectivity index (χ1v) is 9.27. The summed E-state index contributed by atoms with van der Waals surface area (Å²) < 4.78 is 0. The Kier molecular flexibility index (Phi) is 5.35. The maximum atomic E-state index is 12.3. The fraction of sp³-hybridized carbons (Fsp3) is 0.579. The lowest BCUT2D eigenvalue weighted by atomic mass is 9.72. The van der Waals surface area contributed by atoms with Crippen LogP contribution in [0.3, 0.4) is 0 Å². The van der Waals surface area contributed by atoms with Gasteiger partial charge in [0.15, 0.2) is 0 Å². The quantitative estimate of drug-likeness (QED) is 0.898. The van der Waals surface area contributed by atoms with Crippen molar-refractivity contribution in [1.82, 2.24) is 9.80 Å². The first kappa shape index (κ1) is 18.2. The second-order valence-corrected chi connectivity index (χ2v) is 7.95. The molecule has 1 N–H and O–H groups in total. The van der Waals surface area contributed by atoms with Crippen LogP contribution < -0.4 is 5.32 Å². The first-order valence-electron chi connectivity index (χ1n) is 8.89. The van der Waals surface area contributed by atoms with E-state index in [0.29, 0.717) is 18.0 Å². The molecule has 0 saturated carbocycles. The van der Waals surface area contributed by atoms with Crippen molar-refractivity contribution in [1.29, 1.82) is 0 Å². The van der Waals surface area contributed by atoms with E-state index in [2.05, 4.69) is 10.2 Å². The summed E-state index contributed by atoms with van der Waals surface area (Å²) in [5, 5.41) is 3.65. The Hall–Kier alpha value is -1.59. The van der Waals surface area contributed by atoms with Crippen LogP contribution in [0.5, 0.6) is 0 Å². The third-order valence-corrected chi connectivity index (χ3v) is 6.02. The van der Waals surface area contributed by atoms with Gasteiger partial charge < -0.3 is 10.2 Å². The number of piperidine rings is 2. The van der Waals surface area contributed by atoms with Crippen LogP contribution in [0.25, 0.3) is 0 Å². The zero-order chi connectivity index (χ0) is 18.0. The molecule has 0 aliphatic carbocycles. The van der Waals surface area contributed by atoms with E-state index in [1.165, 1.54) is 0 Å². The van der Waals surface area contributed by atoms with E-state index in [1.54, 1.807) is 6.07 Å². The van der Waals surface area contributed by atoms with Crippen molar-refractivity contribution < 1.29 is 9.59 Å². The lowest BCUT2D eigenvalue weighted by molar-refractivity contribution is -0.137. The second-order valence-electron chi connectivity index (χ2n) is 7.54. The zero-order valence-electron chi connectivity index (χ0n) is 15.0. The molecular weight excluding hydrogens is 338 g/mol. The van der Waals surface area contributed by atoms with Gasteiger partial charge in [-0.3, -0.25) is 14.5 Å². The maximum absolute atomic E-state index is 12.3. The number of halogens is 1. The summed E-state index contributed by atoms with van der Waals surface area (Å²) in [5.41, 5.74) is 1.99. The van der Waals surface area contributed by atoms with Crippen molar-refractivity contribution >= 4 is 29.1 Å². The molecule has 0 aromatic heterocycles. The van der Waals surface area contributed by atoms with Gasteiger partial charge in [0.05, 0.1) is 6.54 Å². The van der Waals surface area contributed by atoms with Crippen molar-refractivity contribution in [3.63, 3.8) is 0 Å². The van der Waals surface area contributed by atoms with Crippen molar-refractivity contribution in [3.8, 4) is 0 Å². The molecule has 2 aliphatic heterocycles. The number of anilines is 1. The van der Waals surface area contributed by atoms with Gasteiger partial charge in [0, 0.05) is 30.7 Å². The molecule has 6 heteroatoms. The fourth-order valence-electron chi connectivity index (χ4n) is 3.95. The molecular formula is C19H26ClN3O2. The molecule has 2 saturated heterocycles. The second kappa shape index (κ2) is 7.34. The minimum absolute atomic E-state index is 0.00797. The molecule has 1 aromatic rings. The minimum Gasteiger partial charge on any atom is -0.345 e. The monoisotopic (exact) mass is 363 g/mol. The molecule has 1 aromatic carbocycles. The Morgan fingerprint density at radius 1 is 1.28 bits per heavy atom. The lowest BCUT2D eigenvalue weighted by Gasteiger charge is -2.46. The standard InChI is InChI=1S/C19H26ClN3O2/c1-14-11-15(3-4-16(14)20)21-17(24)12-23-9-7-19(8-10-23)6-5-18(25)22(2)13-19/h3-4,11H,5-10,12-13H2,1-2H3,(H,21,24). The Labute approximate surface area is 154 Å². The van der Waals surface area contributed by atoms with Crippen LogP contribution >= 0.6 is 11.6 Å². The molecule has 0 atom stereocenters. The van der Waals surface area contributed by atoms with Gasteiger partial charge in [-0.2, -0.15) is 0 Å². The summed E-state index contributed by atoms with van der Waals surface area (Å²) in [5.74, 6) is 0.263. The minimum atomic E-state index is 0.00797. The summed E-state index contributed by atoms with van der Waals surface area (Å²) in [6.45, 7) is 5.01. The summed E-state index contributed by atoms with van der Waals surface area (Å²) in [6, 6.07) is 5.52. The number of likely N-dealkylation sites (tertiary alicyclic amines) is 2. The molecule has 5 nitrogen and oxygen atoms in total. The highest BCUT2D eigenvalue weighted by Gasteiger charge is 2.39. The van der Waals surface area contributed by atoms with E-state index in [-0.39, 0.29) is 17.2 Å². The SMILES string of the molecule is Cc1cc(NC(=O)CN2CCC3(CCC(=O)N(C)C3)CC2)ccc1Cl. The van der Waals surface area contributed by atoms with Gasteiger partial charge in [-0.05, 0) is 68.5 Å². The topological polar surface area (TPSA) is 52.7 Å². The molecule has 0 bridgehead atoms. The Morgan fingerprint density at radius 3 is 2.64 bits per heavy atom. The largest absolute Gasteiger partial charge is 0.345 e. The van der Waals surface area contributed by atoms with E-state index in [9.17, 15) is 9.59 Å². The van der Waals surface area contributed by atoms with Crippen LogP contribution in [-0.4, -0.2) is 54.8 Å². The molecule has 0 radical (unpaired) electrons. The number of hydrogen-bond acceptors (Lipinski definition) is 3. The Bertz CT molecular complexity index is 669. The number of nitrogens with zero attached hydrogens (tertiary/aromatic N) is 2. The number of aryl methyl sites for hydroxylation is 1. The molecule has 136 valence electrons. The Balaban J connectivity index is 1.49. The van der Waals surface area contributed by atoms with E-state index < -0.39 is 0 Å². The number of rotatable bonds is 3. The van der Waals surface area contributed by atoms with Crippen LogP contribution in [-0.2, 0) is 9.59 Å². The van der Waals surface area contributed by atoms with Gasteiger partial charge in [-0.15, -0.1) is 0 Å². The van der Waals surface area contributed by atoms with Crippen LogP contribution in [0.2, 0.25) is 5.02 Å². The predicted molar refractivity (Wildman–Crippen MR) is 99.8 cm³/mol. The van der Waals surface area contributed by atoms with Crippen molar-refractivity contribution in [2.45, 2.75) is 32.6 Å². The number of hydrogen-bond donors (Lipinski definition) is 1. The zero-order valence-corrected chi connectivity index (χ0v) is 15.7. The molecule has 3 rings (SSSR count). The number of nitrogens with one attached hydrogen (secondary N) is 1. The van der Waals surface area contributed by atoms with Crippen LogP contribution in [0.4, 0.5) is 5.69 Å². The average Bonchev–Trinajstić information content (AvgIpc) is 2.57.